The molecule has 4 rings (SSSR count). The number of rotatable bonds is 2. The number of benzene rings is 2. The van der Waals surface area contributed by atoms with E-state index in [4.69, 9.17) is 4.74 Å². The largest absolute Gasteiger partial charge is 0.491 e. The molecular formula is C18H18BrNO. The van der Waals surface area contributed by atoms with E-state index in [1.54, 1.807) is 0 Å². The fourth-order valence-electron chi connectivity index (χ4n) is 3.45. The summed E-state index contributed by atoms with van der Waals surface area (Å²) < 4.78 is 6.96. The molecule has 0 saturated carbocycles. The zero-order valence-electron chi connectivity index (χ0n) is 11.8. The maximum Gasteiger partial charge on any atom is 0.124 e. The number of aryl methyl sites for hydroxylation is 1. The molecule has 2 aliphatic rings. The third-order valence-corrected chi connectivity index (χ3v) is 5.03. The molecule has 3 heteroatoms. The number of ether oxygens (including phenoxy) is 1. The molecule has 2 aromatic carbocycles. The molecule has 0 amide bonds. The topological polar surface area (TPSA) is 21.3 Å². The van der Waals surface area contributed by atoms with E-state index in [2.05, 4.69) is 57.6 Å². The molecule has 1 heterocycles. The first-order valence-electron chi connectivity index (χ1n) is 7.55. The van der Waals surface area contributed by atoms with Crippen LogP contribution in [0, 0.1) is 0 Å². The van der Waals surface area contributed by atoms with Crippen molar-refractivity contribution in [2.24, 2.45) is 0 Å². The number of para-hydroxylation sites is 1. The Hall–Kier alpha value is -1.32. The van der Waals surface area contributed by atoms with Crippen LogP contribution < -0.4 is 10.1 Å². The first-order valence-corrected chi connectivity index (χ1v) is 8.34. The van der Waals surface area contributed by atoms with Gasteiger partial charge in [-0.05, 0) is 48.6 Å². The predicted molar refractivity (Wildman–Crippen MR) is 87.8 cm³/mol. The van der Waals surface area contributed by atoms with Gasteiger partial charge in [0, 0.05) is 16.1 Å². The van der Waals surface area contributed by atoms with E-state index >= 15 is 0 Å². The van der Waals surface area contributed by atoms with Crippen LogP contribution in [0.2, 0.25) is 0 Å². The van der Waals surface area contributed by atoms with Gasteiger partial charge in [-0.2, -0.15) is 0 Å². The zero-order chi connectivity index (χ0) is 14.2. The summed E-state index contributed by atoms with van der Waals surface area (Å²) in [5, 5.41) is 3.79. The minimum Gasteiger partial charge on any atom is -0.491 e. The molecule has 2 atom stereocenters. The number of fused-ring (bicyclic) bond motifs is 2. The molecule has 0 aromatic heterocycles. The van der Waals surface area contributed by atoms with Crippen molar-refractivity contribution in [1.82, 2.24) is 5.32 Å². The second-order valence-electron chi connectivity index (χ2n) is 5.92. The van der Waals surface area contributed by atoms with Crippen LogP contribution in [0.5, 0.6) is 5.75 Å². The van der Waals surface area contributed by atoms with E-state index in [-0.39, 0.29) is 0 Å². The van der Waals surface area contributed by atoms with Gasteiger partial charge in [0.25, 0.3) is 0 Å². The normalized spacial score (nSPS) is 23.3. The van der Waals surface area contributed by atoms with E-state index in [1.165, 1.54) is 27.6 Å². The number of hydrogen-bond acceptors (Lipinski definition) is 2. The lowest BCUT2D eigenvalue weighted by Gasteiger charge is -2.28. The Morgan fingerprint density at radius 3 is 2.95 bits per heavy atom. The van der Waals surface area contributed by atoms with Crippen molar-refractivity contribution in [3.8, 4) is 5.75 Å². The number of hydrogen-bond donors (Lipinski definition) is 1. The Labute approximate surface area is 133 Å². The van der Waals surface area contributed by atoms with Crippen molar-refractivity contribution in [1.29, 1.82) is 0 Å². The molecule has 2 unspecified atom stereocenters. The smallest absolute Gasteiger partial charge is 0.124 e. The molecular weight excluding hydrogens is 326 g/mol. The molecule has 0 fully saturated rings. The molecule has 2 nitrogen and oxygen atoms in total. The zero-order valence-corrected chi connectivity index (χ0v) is 13.4. The first kappa shape index (κ1) is 13.4. The van der Waals surface area contributed by atoms with Crippen LogP contribution in [0.1, 0.15) is 29.2 Å². The maximum atomic E-state index is 5.77. The van der Waals surface area contributed by atoms with Gasteiger partial charge in [-0.1, -0.05) is 40.2 Å². The molecule has 108 valence electrons. The van der Waals surface area contributed by atoms with Gasteiger partial charge in [-0.3, -0.25) is 0 Å². The predicted octanol–water partition coefficient (Wildman–Crippen LogP) is 4.03. The van der Waals surface area contributed by atoms with Crippen LogP contribution in [0.4, 0.5) is 0 Å². The van der Waals surface area contributed by atoms with Gasteiger partial charge in [0.2, 0.25) is 0 Å². The van der Waals surface area contributed by atoms with E-state index in [0.717, 1.165) is 25.2 Å². The first-order chi connectivity index (χ1) is 10.3. The average Bonchev–Trinajstić information content (AvgIpc) is 2.91. The van der Waals surface area contributed by atoms with Gasteiger partial charge in [-0.15, -0.1) is 0 Å². The Kier molecular flexibility index (Phi) is 3.48. The van der Waals surface area contributed by atoms with Crippen LogP contribution in [0.15, 0.2) is 46.9 Å². The van der Waals surface area contributed by atoms with Gasteiger partial charge in [0.1, 0.15) is 12.4 Å². The molecule has 2 aromatic rings. The van der Waals surface area contributed by atoms with Crippen LogP contribution >= 0.6 is 15.9 Å². The van der Waals surface area contributed by atoms with Crippen LogP contribution in [0.3, 0.4) is 0 Å². The number of halogens is 1. The summed E-state index contributed by atoms with van der Waals surface area (Å²) in [5.41, 5.74) is 4.28. The summed E-state index contributed by atoms with van der Waals surface area (Å²) in [6, 6.07) is 15.9. The van der Waals surface area contributed by atoms with Crippen molar-refractivity contribution < 1.29 is 4.74 Å². The fourth-order valence-corrected chi connectivity index (χ4v) is 3.86. The molecule has 1 aliphatic heterocycles. The molecule has 1 N–H and O–H groups in total. The highest BCUT2D eigenvalue weighted by Crippen LogP contribution is 2.33. The minimum absolute atomic E-state index is 0.336. The highest BCUT2D eigenvalue weighted by molar-refractivity contribution is 9.10. The van der Waals surface area contributed by atoms with Crippen molar-refractivity contribution in [2.45, 2.75) is 31.3 Å². The van der Waals surface area contributed by atoms with Gasteiger partial charge >= 0.3 is 0 Å². The highest BCUT2D eigenvalue weighted by Gasteiger charge is 2.27. The Morgan fingerprint density at radius 2 is 2.00 bits per heavy atom. The summed E-state index contributed by atoms with van der Waals surface area (Å²) in [7, 11) is 0. The monoisotopic (exact) mass is 343 g/mol. The quantitative estimate of drug-likeness (QED) is 0.888. The third-order valence-electron chi connectivity index (χ3n) is 4.53. The maximum absolute atomic E-state index is 5.77. The van der Waals surface area contributed by atoms with E-state index in [9.17, 15) is 0 Å². The van der Waals surface area contributed by atoms with Crippen molar-refractivity contribution in [3.05, 3.63) is 63.6 Å². The Bertz CT molecular complexity index is 670. The standard InChI is InChI=1S/C18H18BrNO/c19-14-7-5-13-10-15(8-6-12(13)9-14)20-17-11-21-18-4-2-1-3-16(17)18/h1-5,7,9,15,17,20H,6,8,10-11H2. The summed E-state index contributed by atoms with van der Waals surface area (Å²) in [6.07, 6.45) is 3.46. The second kappa shape index (κ2) is 5.47. The molecule has 1 aliphatic carbocycles. The average molecular weight is 344 g/mol. The molecule has 21 heavy (non-hydrogen) atoms. The molecule has 0 radical (unpaired) electrons. The van der Waals surface area contributed by atoms with Crippen molar-refractivity contribution in [2.75, 3.05) is 6.61 Å². The number of nitrogens with one attached hydrogen (secondary N) is 1. The van der Waals surface area contributed by atoms with E-state index < -0.39 is 0 Å². The fraction of sp³-hybridized carbons (Fsp3) is 0.333. The Balaban J connectivity index is 1.49. The highest BCUT2D eigenvalue weighted by atomic mass is 79.9. The van der Waals surface area contributed by atoms with Gasteiger partial charge < -0.3 is 10.1 Å². The minimum atomic E-state index is 0.336. The van der Waals surface area contributed by atoms with Crippen molar-refractivity contribution in [3.63, 3.8) is 0 Å². The van der Waals surface area contributed by atoms with E-state index in [0.29, 0.717) is 12.1 Å². The lowest BCUT2D eigenvalue weighted by Crippen LogP contribution is -2.37. The summed E-state index contributed by atoms with van der Waals surface area (Å²) >= 11 is 3.56. The van der Waals surface area contributed by atoms with Crippen LogP contribution in [-0.2, 0) is 12.8 Å². The summed E-state index contributed by atoms with van der Waals surface area (Å²) in [5.74, 6) is 1.04. The lowest BCUT2D eigenvalue weighted by molar-refractivity contribution is 0.290. The van der Waals surface area contributed by atoms with Gasteiger partial charge in [0.05, 0.1) is 6.04 Å². The molecule has 0 saturated heterocycles. The molecule has 0 spiro atoms. The van der Waals surface area contributed by atoms with Gasteiger partial charge in [0.15, 0.2) is 0 Å². The van der Waals surface area contributed by atoms with Crippen molar-refractivity contribution >= 4 is 15.9 Å². The van der Waals surface area contributed by atoms with Gasteiger partial charge in [-0.25, -0.2) is 0 Å². The second-order valence-corrected chi connectivity index (χ2v) is 6.84. The lowest BCUT2D eigenvalue weighted by atomic mass is 9.88. The van der Waals surface area contributed by atoms with Crippen LogP contribution in [0.25, 0.3) is 0 Å². The summed E-state index contributed by atoms with van der Waals surface area (Å²) in [4.78, 5) is 0. The molecule has 0 bridgehead atoms. The summed E-state index contributed by atoms with van der Waals surface area (Å²) in [6.45, 7) is 0.753. The SMILES string of the molecule is Brc1ccc2c(c1)CCC(NC1COc3ccccc31)C2. The Morgan fingerprint density at radius 1 is 1.10 bits per heavy atom. The van der Waals surface area contributed by atoms with Crippen LogP contribution in [-0.4, -0.2) is 12.6 Å². The van der Waals surface area contributed by atoms with E-state index in [1.807, 2.05) is 6.07 Å². The third kappa shape index (κ3) is 2.60.